The Labute approximate surface area is 145 Å². The van der Waals surface area contributed by atoms with Crippen LogP contribution in [0.2, 0.25) is 0 Å². The second kappa shape index (κ2) is 7.79. The molecule has 0 radical (unpaired) electrons. The molecule has 1 aliphatic rings. The van der Waals surface area contributed by atoms with Crippen molar-refractivity contribution in [3.63, 3.8) is 0 Å². The minimum Gasteiger partial charge on any atom is -0.297 e. The topological polar surface area (TPSA) is 60.4 Å². The van der Waals surface area contributed by atoms with Crippen molar-refractivity contribution in [2.24, 2.45) is 11.3 Å². The van der Waals surface area contributed by atoms with Gasteiger partial charge in [-0.05, 0) is 43.2 Å². The van der Waals surface area contributed by atoms with Crippen molar-refractivity contribution in [1.82, 2.24) is 0 Å². The molecule has 1 saturated carbocycles. The number of benzene rings is 1. The number of carbonyl (C=O) groups excluding carboxylic acids is 1. The molecule has 24 heavy (non-hydrogen) atoms. The van der Waals surface area contributed by atoms with E-state index >= 15 is 0 Å². The third-order valence-corrected chi connectivity index (χ3v) is 6.33. The lowest BCUT2D eigenvalue weighted by Gasteiger charge is -2.36. The van der Waals surface area contributed by atoms with Gasteiger partial charge in [0, 0.05) is 6.42 Å². The smallest absolute Gasteiger partial charge is 0.297 e. The lowest BCUT2D eigenvalue weighted by molar-refractivity contribution is -0.123. The summed E-state index contributed by atoms with van der Waals surface area (Å²) in [6.45, 7) is 5.71. The van der Waals surface area contributed by atoms with Crippen LogP contribution in [-0.4, -0.2) is 20.8 Å². The molecule has 0 unspecified atom stereocenters. The van der Waals surface area contributed by atoms with Crippen molar-refractivity contribution >= 4 is 15.9 Å². The van der Waals surface area contributed by atoms with Crippen molar-refractivity contribution in [2.45, 2.75) is 64.2 Å². The zero-order valence-corrected chi connectivity index (χ0v) is 15.7. The van der Waals surface area contributed by atoms with Gasteiger partial charge in [-0.25, -0.2) is 0 Å². The van der Waals surface area contributed by atoms with Crippen LogP contribution in [0.4, 0.5) is 0 Å². The van der Waals surface area contributed by atoms with Crippen molar-refractivity contribution < 1.29 is 17.4 Å². The van der Waals surface area contributed by atoms with Crippen molar-refractivity contribution in [2.75, 3.05) is 6.61 Å². The first-order valence-corrected chi connectivity index (χ1v) is 10.1. The molecule has 0 amide bonds. The minimum absolute atomic E-state index is 0.0902. The second-order valence-corrected chi connectivity index (χ2v) is 9.18. The van der Waals surface area contributed by atoms with Crippen LogP contribution in [-0.2, 0) is 19.1 Å². The highest BCUT2D eigenvalue weighted by Gasteiger charge is 2.32. The van der Waals surface area contributed by atoms with Gasteiger partial charge in [-0.15, -0.1) is 0 Å². The lowest BCUT2D eigenvalue weighted by atomic mass is 9.69. The first kappa shape index (κ1) is 19.1. The number of aryl methyl sites for hydroxylation is 1. The van der Waals surface area contributed by atoms with Crippen LogP contribution in [0.3, 0.4) is 0 Å². The summed E-state index contributed by atoms with van der Waals surface area (Å²) in [5, 5.41) is 0. The molecule has 1 aromatic carbocycles. The number of rotatable bonds is 7. The Morgan fingerprint density at radius 1 is 1.12 bits per heavy atom. The van der Waals surface area contributed by atoms with Gasteiger partial charge in [-0.2, -0.15) is 8.42 Å². The molecule has 0 aliphatic heterocycles. The molecule has 1 fully saturated rings. The summed E-state index contributed by atoms with van der Waals surface area (Å²) in [4.78, 5) is 12.3. The molecular weight excluding hydrogens is 324 g/mol. The fourth-order valence-electron chi connectivity index (χ4n) is 3.50. The summed E-state index contributed by atoms with van der Waals surface area (Å²) in [5.74, 6) is 0.380. The molecule has 1 aliphatic carbocycles. The number of ketones is 1. The van der Waals surface area contributed by atoms with E-state index in [1.54, 1.807) is 12.1 Å². The van der Waals surface area contributed by atoms with E-state index < -0.39 is 10.1 Å². The van der Waals surface area contributed by atoms with E-state index in [0.29, 0.717) is 12.3 Å². The van der Waals surface area contributed by atoms with E-state index in [9.17, 15) is 13.2 Å². The zero-order chi connectivity index (χ0) is 17.8. The van der Waals surface area contributed by atoms with Gasteiger partial charge in [0.15, 0.2) is 5.78 Å². The Hall–Kier alpha value is -1.20. The summed E-state index contributed by atoms with van der Waals surface area (Å²) >= 11 is 0. The van der Waals surface area contributed by atoms with Gasteiger partial charge in [0.1, 0.15) is 6.61 Å². The Bertz CT molecular complexity index is 653. The highest BCUT2D eigenvalue weighted by atomic mass is 32.2. The summed E-state index contributed by atoms with van der Waals surface area (Å²) in [7, 11) is -3.87. The van der Waals surface area contributed by atoms with Crippen LogP contribution < -0.4 is 0 Å². The number of hydrogen-bond donors (Lipinski definition) is 0. The number of hydrogen-bond acceptors (Lipinski definition) is 4. The predicted octanol–water partition coefficient (Wildman–Crippen LogP) is 4.27. The quantitative estimate of drug-likeness (QED) is 0.688. The molecule has 0 saturated heterocycles. The zero-order valence-electron chi connectivity index (χ0n) is 14.9. The number of Topliss-reactive ketones (excluding diaryl/α,β-unsaturated/α-hetero) is 1. The van der Waals surface area contributed by atoms with E-state index in [2.05, 4.69) is 13.8 Å². The van der Waals surface area contributed by atoms with Crippen LogP contribution in [0.15, 0.2) is 29.2 Å². The molecule has 0 heterocycles. The highest BCUT2D eigenvalue weighted by molar-refractivity contribution is 7.86. The average Bonchev–Trinajstić information content (AvgIpc) is 2.54. The molecule has 4 nitrogen and oxygen atoms in total. The van der Waals surface area contributed by atoms with Gasteiger partial charge >= 0.3 is 0 Å². The molecule has 0 spiro atoms. The number of carbonyl (C=O) groups is 1. The molecule has 5 heteroatoms. The maximum Gasteiger partial charge on any atom is 0.297 e. The van der Waals surface area contributed by atoms with Crippen molar-refractivity contribution in [3.05, 3.63) is 29.8 Å². The fraction of sp³-hybridized carbons (Fsp3) is 0.632. The van der Waals surface area contributed by atoms with Crippen LogP contribution in [0.25, 0.3) is 0 Å². The Morgan fingerprint density at radius 3 is 2.29 bits per heavy atom. The molecule has 0 N–H and O–H groups in total. The Kier molecular flexibility index (Phi) is 6.21. The monoisotopic (exact) mass is 352 g/mol. The molecule has 2 rings (SSSR count). The fourth-order valence-corrected chi connectivity index (χ4v) is 4.40. The Balaban J connectivity index is 1.91. The minimum atomic E-state index is -3.87. The van der Waals surface area contributed by atoms with Crippen molar-refractivity contribution in [3.8, 4) is 0 Å². The highest BCUT2D eigenvalue weighted by Crippen LogP contribution is 2.40. The van der Waals surface area contributed by atoms with E-state index in [4.69, 9.17) is 4.18 Å². The van der Waals surface area contributed by atoms with Crippen LogP contribution in [0.5, 0.6) is 0 Å². The molecule has 1 aromatic rings. The van der Waals surface area contributed by atoms with E-state index in [1.165, 1.54) is 31.4 Å². The predicted molar refractivity (Wildman–Crippen MR) is 94.3 cm³/mol. The summed E-state index contributed by atoms with van der Waals surface area (Å²) in [5.41, 5.74) is 0.869. The van der Waals surface area contributed by atoms with E-state index in [0.717, 1.165) is 18.4 Å². The maximum absolute atomic E-state index is 12.2. The molecule has 0 aromatic heterocycles. The van der Waals surface area contributed by atoms with Crippen LogP contribution in [0, 0.1) is 18.3 Å². The average molecular weight is 352 g/mol. The first-order valence-electron chi connectivity index (χ1n) is 8.68. The largest absolute Gasteiger partial charge is 0.297 e. The summed E-state index contributed by atoms with van der Waals surface area (Å²) < 4.78 is 29.3. The maximum atomic E-state index is 12.2. The molecular formula is C19H28O4S. The van der Waals surface area contributed by atoms with Gasteiger partial charge in [-0.1, -0.05) is 50.8 Å². The molecule has 0 atom stereocenters. The third-order valence-electron chi connectivity index (χ3n) is 5.05. The first-order chi connectivity index (χ1) is 11.2. The molecule has 134 valence electrons. The van der Waals surface area contributed by atoms with E-state index in [1.807, 2.05) is 6.92 Å². The van der Waals surface area contributed by atoms with Crippen molar-refractivity contribution in [1.29, 1.82) is 0 Å². The standard InChI is InChI=1S/C19H28O4S/c1-15-9-11-18(12-10-15)24(21,22)23-14-17(20)13-19(2,3)16-7-5-4-6-8-16/h9-12,16H,4-8,13-14H2,1-3H3. The lowest BCUT2D eigenvalue weighted by Crippen LogP contribution is -2.30. The summed E-state index contributed by atoms with van der Waals surface area (Å²) in [6, 6.07) is 6.43. The second-order valence-electron chi connectivity index (χ2n) is 7.57. The van der Waals surface area contributed by atoms with Gasteiger partial charge in [-0.3, -0.25) is 8.98 Å². The molecule has 0 bridgehead atoms. The SMILES string of the molecule is Cc1ccc(S(=O)(=O)OCC(=O)CC(C)(C)C2CCCCC2)cc1. The van der Waals surface area contributed by atoms with Crippen LogP contribution in [0.1, 0.15) is 57.9 Å². The van der Waals surface area contributed by atoms with Gasteiger partial charge < -0.3 is 0 Å². The summed E-state index contributed by atoms with van der Waals surface area (Å²) in [6.07, 6.45) is 6.40. The van der Waals surface area contributed by atoms with Crippen LogP contribution >= 0.6 is 0 Å². The van der Waals surface area contributed by atoms with Gasteiger partial charge in [0.05, 0.1) is 4.90 Å². The van der Waals surface area contributed by atoms with E-state index in [-0.39, 0.29) is 22.7 Å². The third kappa shape index (κ3) is 5.15. The van der Waals surface area contributed by atoms with Gasteiger partial charge in [0.25, 0.3) is 10.1 Å². The normalized spacial score (nSPS) is 17.0. The Morgan fingerprint density at radius 2 is 1.71 bits per heavy atom. The van der Waals surface area contributed by atoms with Gasteiger partial charge in [0.2, 0.25) is 0 Å².